The topological polar surface area (TPSA) is 174 Å². The molecule has 0 aromatic carbocycles. The van der Waals surface area contributed by atoms with Gasteiger partial charge in [0.05, 0.1) is 24.2 Å². The molecule has 166 valence electrons. The molecule has 2 heterocycles. The molecule has 3 aliphatic carbocycles. The largest absolute Gasteiger partial charge is 0.457 e. The van der Waals surface area contributed by atoms with Gasteiger partial charge in [0.2, 0.25) is 0 Å². The number of ketones is 1. The minimum atomic E-state index is -2.45. The van der Waals surface area contributed by atoms with Crippen LogP contribution in [0.5, 0.6) is 0 Å². The van der Waals surface area contributed by atoms with Crippen molar-refractivity contribution in [1.29, 1.82) is 0 Å². The summed E-state index contributed by atoms with van der Waals surface area (Å²) in [6, 6.07) is 0. The van der Waals surface area contributed by atoms with E-state index in [1.54, 1.807) is 6.92 Å². The van der Waals surface area contributed by atoms with E-state index >= 15 is 0 Å². The Bertz CT molecular complexity index is 887. The van der Waals surface area contributed by atoms with Gasteiger partial charge in [-0.05, 0) is 19.9 Å². The Hall–Kier alpha value is -1.40. The van der Waals surface area contributed by atoms with Crippen molar-refractivity contribution >= 4 is 11.8 Å². The predicted molar refractivity (Wildman–Crippen MR) is 95.5 cm³/mol. The van der Waals surface area contributed by atoms with Gasteiger partial charge in [0.25, 0.3) is 0 Å². The molecule has 2 bridgehead atoms. The molecule has 10 heteroatoms. The van der Waals surface area contributed by atoms with Gasteiger partial charge in [0.1, 0.15) is 29.5 Å². The average Bonchev–Trinajstić information content (AvgIpc) is 2.86. The van der Waals surface area contributed by atoms with Crippen LogP contribution in [0, 0.1) is 22.7 Å². The third kappa shape index (κ3) is 1.69. The van der Waals surface area contributed by atoms with Crippen molar-refractivity contribution < 1.29 is 49.7 Å². The second-order valence-corrected chi connectivity index (χ2v) is 9.90. The van der Waals surface area contributed by atoms with Crippen LogP contribution in [-0.2, 0) is 19.1 Å². The van der Waals surface area contributed by atoms with Gasteiger partial charge in [0, 0.05) is 17.3 Å². The first kappa shape index (κ1) is 20.5. The van der Waals surface area contributed by atoms with Gasteiger partial charge in [-0.15, -0.1) is 0 Å². The molecule has 10 nitrogen and oxygen atoms in total. The maximum atomic E-state index is 12.6. The van der Waals surface area contributed by atoms with Crippen LogP contribution >= 0.6 is 0 Å². The first-order chi connectivity index (χ1) is 13.8. The zero-order valence-electron chi connectivity index (χ0n) is 16.7. The number of hydrogen-bond donors (Lipinski definition) is 6. The quantitative estimate of drug-likeness (QED) is 0.219. The second-order valence-electron chi connectivity index (χ2n) is 9.90. The Labute approximate surface area is 171 Å². The first-order valence-corrected chi connectivity index (χ1v) is 10.0. The molecule has 0 aromatic rings. The SMILES string of the molecule is CC1=CC(=O)[C@@H](O)[C@@]2(C)[C@H]1[C@@H](O)[C@H]1OC(=O)[C@H](O)[C@]3(O)[C@]14CO[C@]3(C)[C@@H](O)[C@H](O)[C@H]24. The van der Waals surface area contributed by atoms with E-state index in [0.717, 1.165) is 0 Å². The Kier molecular flexibility index (Phi) is 3.76. The number of rotatable bonds is 0. The van der Waals surface area contributed by atoms with Crippen LogP contribution in [0.4, 0.5) is 0 Å². The van der Waals surface area contributed by atoms with Crippen molar-refractivity contribution in [3.8, 4) is 0 Å². The van der Waals surface area contributed by atoms with Crippen molar-refractivity contribution in [2.24, 2.45) is 22.7 Å². The molecule has 5 aliphatic rings. The summed E-state index contributed by atoms with van der Waals surface area (Å²) in [5.41, 5.74) is -7.33. The van der Waals surface area contributed by atoms with E-state index in [1.165, 1.54) is 19.9 Å². The summed E-state index contributed by atoms with van der Waals surface area (Å²) in [6.07, 6.45) is -8.86. The highest BCUT2D eigenvalue weighted by Crippen LogP contribution is 2.73. The zero-order valence-corrected chi connectivity index (χ0v) is 16.7. The lowest BCUT2D eigenvalue weighted by molar-refractivity contribution is -0.365. The molecule has 2 aliphatic heterocycles. The first-order valence-electron chi connectivity index (χ1n) is 10.0. The van der Waals surface area contributed by atoms with Crippen molar-refractivity contribution in [2.45, 2.75) is 68.6 Å². The molecular weight excluding hydrogens is 400 g/mol. The summed E-state index contributed by atoms with van der Waals surface area (Å²) in [5.74, 6) is -4.01. The monoisotopic (exact) mass is 426 g/mol. The molecule has 6 N–H and O–H groups in total. The Morgan fingerprint density at radius 3 is 2.30 bits per heavy atom. The van der Waals surface area contributed by atoms with E-state index in [2.05, 4.69) is 0 Å². The number of aliphatic hydroxyl groups is 6. The highest BCUT2D eigenvalue weighted by Gasteiger charge is 2.89. The second kappa shape index (κ2) is 5.50. The summed E-state index contributed by atoms with van der Waals surface area (Å²) in [6.45, 7) is 3.98. The van der Waals surface area contributed by atoms with Crippen LogP contribution in [-0.4, -0.2) is 96.8 Å². The fraction of sp³-hybridized carbons (Fsp3) is 0.800. The molecule has 30 heavy (non-hydrogen) atoms. The third-order valence-electron chi connectivity index (χ3n) is 8.94. The molecule has 0 unspecified atom stereocenters. The standard InChI is InChI=1S/C20H26O10/c1-6-4-7(21)12(24)17(2)8(6)9(22)15-19-5-29-18(3,13(25)10(23)11(17)19)20(19,28)14(26)16(27)30-15/h4,8-15,22-26,28H,5H2,1-3H3/t8-,9-,10-,11-,12-,13+,14+,15-,17+,18-,19+,20-/m1/s1. The Morgan fingerprint density at radius 2 is 1.67 bits per heavy atom. The van der Waals surface area contributed by atoms with Crippen LogP contribution in [0.2, 0.25) is 0 Å². The fourth-order valence-corrected chi connectivity index (χ4v) is 7.70. The lowest BCUT2D eigenvalue weighted by atomic mass is 9.36. The maximum Gasteiger partial charge on any atom is 0.338 e. The van der Waals surface area contributed by atoms with Gasteiger partial charge in [-0.1, -0.05) is 12.5 Å². The maximum absolute atomic E-state index is 12.6. The minimum Gasteiger partial charge on any atom is -0.457 e. The Morgan fingerprint density at radius 1 is 1.03 bits per heavy atom. The fourth-order valence-electron chi connectivity index (χ4n) is 7.70. The van der Waals surface area contributed by atoms with Crippen molar-refractivity contribution in [1.82, 2.24) is 0 Å². The van der Waals surface area contributed by atoms with Crippen LogP contribution < -0.4 is 0 Å². The number of carbonyl (C=O) groups excluding carboxylic acids is 2. The average molecular weight is 426 g/mol. The summed E-state index contributed by atoms with van der Waals surface area (Å²) in [4.78, 5) is 25.1. The number of ether oxygens (including phenoxy) is 2. The number of esters is 1. The molecule has 4 fully saturated rings. The van der Waals surface area contributed by atoms with E-state index in [4.69, 9.17) is 9.47 Å². The number of carbonyl (C=O) groups is 2. The molecule has 0 aromatic heterocycles. The number of hydrogen-bond acceptors (Lipinski definition) is 10. The van der Waals surface area contributed by atoms with E-state index < -0.39 is 82.2 Å². The molecule has 2 saturated carbocycles. The summed E-state index contributed by atoms with van der Waals surface area (Å²) in [7, 11) is 0. The van der Waals surface area contributed by atoms with E-state index in [-0.39, 0.29) is 6.61 Å². The molecule has 12 atom stereocenters. The van der Waals surface area contributed by atoms with Crippen molar-refractivity contribution in [3.63, 3.8) is 0 Å². The summed E-state index contributed by atoms with van der Waals surface area (Å²) >= 11 is 0. The van der Waals surface area contributed by atoms with Crippen LogP contribution in [0.25, 0.3) is 0 Å². The molecule has 0 amide bonds. The molecule has 2 saturated heterocycles. The molecule has 0 radical (unpaired) electrons. The molecule has 1 spiro atoms. The van der Waals surface area contributed by atoms with Gasteiger partial charge >= 0.3 is 5.97 Å². The van der Waals surface area contributed by atoms with Gasteiger partial charge < -0.3 is 40.1 Å². The number of aliphatic hydroxyl groups excluding tert-OH is 5. The van der Waals surface area contributed by atoms with Crippen LogP contribution in [0.1, 0.15) is 20.8 Å². The van der Waals surface area contributed by atoms with E-state index in [9.17, 15) is 40.2 Å². The molecule has 5 rings (SSSR count). The third-order valence-corrected chi connectivity index (χ3v) is 8.94. The van der Waals surface area contributed by atoms with Gasteiger partial charge in [-0.2, -0.15) is 0 Å². The normalized spacial score (nSPS) is 61.7. The van der Waals surface area contributed by atoms with Crippen molar-refractivity contribution in [2.75, 3.05) is 6.61 Å². The van der Waals surface area contributed by atoms with Crippen molar-refractivity contribution in [3.05, 3.63) is 11.6 Å². The zero-order chi connectivity index (χ0) is 22.2. The summed E-state index contributed by atoms with van der Waals surface area (Å²) in [5, 5.41) is 67.1. The lowest BCUT2D eigenvalue weighted by Crippen LogP contribution is -2.88. The Balaban J connectivity index is 1.86. The van der Waals surface area contributed by atoms with Crippen LogP contribution in [0.3, 0.4) is 0 Å². The van der Waals surface area contributed by atoms with E-state index in [0.29, 0.717) is 5.57 Å². The van der Waals surface area contributed by atoms with Gasteiger partial charge in [-0.25, -0.2) is 4.79 Å². The smallest absolute Gasteiger partial charge is 0.338 e. The minimum absolute atomic E-state index is 0.378. The highest BCUT2D eigenvalue weighted by atomic mass is 16.6. The lowest BCUT2D eigenvalue weighted by Gasteiger charge is -2.71. The van der Waals surface area contributed by atoms with E-state index in [1.807, 2.05) is 0 Å². The number of fused-ring (bicyclic) bond motifs is 2. The van der Waals surface area contributed by atoms with Gasteiger partial charge in [-0.3, -0.25) is 4.79 Å². The molecular formula is C20H26O10. The highest BCUT2D eigenvalue weighted by molar-refractivity contribution is 5.96. The summed E-state index contributed by atoms with van der Waals surface area (Å²) < 4.78 is 11.2. The van der Waals surface area contributed by atoms with Gasteiger partial charge in [0.15, 0.2) is 11.9 Å². The predicted octanol–water partition coefficient (Wildman–Crippen LogP) is -2.98. The van der Waals surface area contributed by atoms with Crippen LogP contribution in [0.15, 0.2) is 11.6 Å².